The average Bonchev–Trinajstić information content (AvgIpc) is 2.98. The van der Waals surface area contributed by atoms with Crippen LogP contribution in [0.3, 0.4) is 0 Å². The zero-order chi connectivity index (χ0) is 17.3. The summed E-state index contributed by atoms with van der Waals surface area (Å²) in [4.78, 5) is 0.356. The Morgan fingerprint density at radius 3 is 2.36 bits per heavy atom. The molecule has 6 heteroatoms. The van der Waals surface area contributed by atoms with E-state index >= 15 is 0 Å². The maximum atomic E-state index is 13.0. The molecule has 0 saturated carbocycles. The van der Waals surface area contributed by atoms with E-state index in [0.717, 1.165) is 11.1 Å². The third-order valence-electron chi connectivity index (χ3n) is 4.72. The number of nitrogens with two attached hydrogens (primary N) is 1. The first-order valence-electron chi connectivity index (χ1n) is 8.30. The van der Waals surface area contributed by atoms with E-state index in [-0.39, 0.29) is 30.3 Å². The summed E-state index contributed by atoms with van der Waals surface area (Å²) in [5, 5.41) is 0. The van der Waals surface area contributed by atoms with Crippen molar-refractivity contribution in [1.82, 2.24) is 4.31 Å². The van der Waals surface area contributed by atoms with Gasteiger partial charge in [-0.1, -0.05) is 56.3 Å². The van der Waals surface area contributed by atoms with Gasteiger partial charge in [-0.05, 0) is 29.2 Å². The quantitative estimate of drug-likeness (QED) is 0.884. The fraction of sp³-hybridized carbons (Fsp3) is 0.368. The van der Waals surface area contributed by atoms with Gasteiger partial charge >= 0.3 is 0 Å². The summed E-state index contributed by atoms with van der Waals surface area (Å²) < 4.78 is 27.5. The van der Waals surface area contributed by atoms with E-state index in [1.54, 1.807) is 12.1 Å². The van der Waals surface area contributed by atoms with Crippen molar-refractivity contribution >= 4 is 22.4 Å². The van der Waals surface area contributed by atoms with E-state index in [0.29, 0.717) is 18.0 Å². The van der Waals surface area contributed by atoms with Crippen molar-refractivity contribution in [3.8, 4) is 0 Å². The molecule has 25 heavy (non-hydrogen) atoms. The molecule has 2 aromatic carbocycles. The second kappa shape index (κ2) is 7.87. The molecule has 0 spiro atoms. The molecule has 2 aromatic rings. The molecule has 0 aromatic heterocycles. The van der Waals surface area contributed by atoms with Gasteiger partial charge in [0.05, 0.1) is 4.90 Å². The van der Waals surface area contributed by atoms with Crippen LogP contribution in [0.1, 0.15) is 36.8 Å². The van der Waals surface area contributed by atoms with Crippen molar-refractivity contribution in [3.05, 3.63) is 65.7 Å². The second-order valence-electron chi connectivity index (χ2n) is 6.73. The number of benzene rings is 2. The lowest BCUT2D eigenvalue weighted by Gasteiger charge is -2.17. The lowest BCUT2D eigenvalue weighted by Crippen LogP contribution is -2.32. The number of nitrogens with zero attached hydrogens (tertiary/aromatic N) is 1. The van der Waals surface area contributed by atoms with Crippen molar-refractivity contribution < 1.29 is 8.42 Å². The molecule has 0 amide bonds. The average molecular weight is 381 g/mol. The highest BCUT2D eigenvalue weighted by Gasteiger charge is 2.38. The first-order valence-corrected chi connectivity index (χ1v) is 9.74. The molecular weight excluding hydrogens is 356 g/mol. The molecule has 1 aliphatic heterocycles. The molecule has 2 atom stereocenters. The first-order chi connectivity index (χ1) is 11.4. The normalized spacial score (nSPS) is 21.3. The second-order valence-corrected chi connectivity index (χ2v) is 8.67. The monoisotopic (exact) mass is 380 g/mol. The van der Waals surface area contributed by atoms with E-state index in [1.165, 1.54) is 4.31 Å². The van der Waals surface area contributed by atoms with Gasteiger partial charge in [-0.2, -0.15) is 4.31 Å². The SMILES string of the molecule is CC(C)c1cccc(S(=O)(=O)N2C[C@@H](N)[C@H](c3ccccc3)C2)c1.Cl. The highest BCUT2D eigenvalue weighted by Crippen LogP contribution is 2.31. The van der Waals surface area contributed by atoms with Crippen LogP contribution in [0, 0.1) is 0 Å². The van der Waals surface area contributed by atoms with Gasteiger partial charge in [0, 0.05) is 25.0 Å². The standard InChI is InChI=1S/C19H24N2O2S.ClH/c1-14(2)16-9-6-10-17(11-16)24(22,23)21-12-18(19(20)13-21)15-7-4-3-5-8-15;/h3-11,14,18-19H,12-13,20H2,1-2H3;1H/t18-,19+;/m0./s1. The number of hydrogen-bond acceptors (Lipinski definition) is 3. The molecular formula is C19H25ClN2O2S. The molecule has 136 valence electrons. The molecule has 1 fully saturated rings. The highest BCUT2D eigenvalue weighted by molar-refractivity contribution is 7.89. The summed E-state index contributed by atoms with van der Waals surface area (Å²) in [6.45, 7) is 4.90. The molecule has 0 unspecified atom stereocenters. The van der Waals surface area contributed by atoms with Crippen LogP contribution in [0.5, 0.6) is 0 Å². The maximum Gasteiger partial charge on any atom is 0.243 e. The van der Waals surface area contributed by atoms with Crippen LogP contribution in [0.15, 0.2) is 59.5 Å². The van der Waals surface area contributed by atoms with Crippen molar-refractivity contribution in [2.45, 2.75) is 36.6 Å². The highest BCUT2D eigenvalue weighted by atomic mass is 35.5. The Balaban J connectivity index is 0.00000225. The Morgan fingerprint density at radius 1 is 1.04 bits per heavy atom. The van der Waals surface area contributed by atoms with Crippen LogP contribution in [0.2, 0.25) is 0 Å². The summed E-state index contributed by atoms with van der Waals surface area (Å²) in [5.41, 5.74) is 8.37. The van der Waals surface area contributed by atoms with Crippen LogP contribution >= 0.6 is 12.4 Å². The van der Waals surface area contributed by atoms with Crippen molar-refractivity contribution in [1.29, 1.82) is 0 Å². The Morgan fingerprint density at radius 2 is 1.72 bits per heavy atom. The van der Waals surface area contributed by atoms with Gasteiger partial charge in [-0.15, -0.1) is 12.4 Å². The Hall–Kier alpha value is -1.40. The van der Waals surface area contributed by atoms with E-state index in [4.69, 9.17) is 5.73 Å². The molecule has 0 radical (unpaired) electrons. The van der Waals surface area contributed by atoms with E-state index in [1.807, 2.05) is 42.5 Å². The summed E-state index contributed by atoms with van der Waals surface area (Å²) in [5.74, 6) is 0.326. The molecule has 4 nitrogen and oxygen atoms in total. The summed E-state index contributed by atoms with van der Waals surface area (Å²) in [6.07, 6.45) is 0. The zero-order valence-electron chi connectivity index (χ0n) is 14.5. The van der Waals surface area contributed by atoms with E-state index in [9.17, 15) is 8.42 Å². The van der Waals surface area contributed by atoms with Crippen molar-refractivity contribution in [2.75, 3.05) is 13.1 Å². The summed E-state index contributed by atoms with van der Waals surface area (Å²) in [6, 6.07) is 16.9. The Bertz CT molecular complexity index is 809. The predicted octanol–water partition coefficient (Wildman–Crippen LogP) is 3.35. The minimum Gasteiger partial charge on any atom is -0.326 e. The molecule has 2 N–H and O–H groups in total. The van der Waals surface area contributed by atoms with Crippen LogP contribution in [0.25, 0.3) is 0 Å². The molecule has 0 aliphatic carbocycles. The molecule has 3 rings (SSSR count). The topological polar surface area (TPSA) is 63.4 Å². The largest absolute Gasteiger partial charge is 0.326 e. The number of hydrogen-bond donors (Lipinski definition) is 1. The number of halogens is 1. The van der Waals surface area contributed by atoms with Gasteiger partial charge in [0.15, 0.2) is 0 Å². The van der Waals surface area contributed by atoms with Gasteiger partial charge in [0.1, 0.15) is 0 Å². The predicted molar refractivity (Wildman–Crippen MR) is 104 cm³/mol. The lowest BCUT2D eigenvalue weighted by atomic mass is 9.95. The third kappa shape index (κ3) is 4.06. The van der Waals surface area contributed by atoms with Gasteiger partial charge in [-0.25, -0.2) is 8.42 Å². The maximum absolute atomic E-state index is 13.0. The van der Waals surface area contributed by atoms with Crippen molar-refractivity contribution in [2.24, 2.45) is 5.73 Å². The zero-order valence-corrected chi connectivity index (χ0v) is 16.1. The molecule has 0 bridgehead atoms. The summed E-state index contributed by atoms with van der Waals surface area (Å²) >= 11 is 0. The Kier molecular flexibility index (Phi) is 6.27. The van der Waals surface area contributed by atoms with Gasteiger partial charge in [0.2, 0.25) is 10.0 Å². The minimum absolute atomic E-state index is 0. The first kappa shape index (κ1) is 19.9. The Labute approximate surface area is 156 Å². The molecule has 1 heterocycles. The lowest BCUT2D eigenvalue weighted by molar-refractivity contribution is 0.470. The van der Waals surface area contributed by atoms with Crippen LogP contribution in [-0.2, 0) is 10.0 Å². The fourth-order valence-electron chi connectivity index (χ4n) is 3.22. The van der Waals surface area contributed by atoms with Crippen LogP contribution in [0.4, 0.5) is 0 Å². The van der Waals surface area contributed by atoms with Crippen LogP contribution < -0.4 is 5.73 Å². The summed E-state index contributed by atoms with van der Waals surface area (Å²) in [7, 11) is -3.52. The molecule has 1 saturated heterocycles. The minimum atomic E-state index is -3.52. The third-order valence-corrected chi connectivity index (χ3v) is 6.55. The number of sulfonamides is 1. The van der Waals surface area contributed by atoms with E-state index < -0.39 is 10.0 Å². The fourth-order valence-corrected chi connectivity index (χ4v) is 4.78. The van der Waals surface area contributed by atoms with Crippen molar-refractivity contribution in [3.63, 3.8) is 0 Å². The molecule has 1 aliphatic rings. The van der Waals surface area contributed by atoms with Gasteiger partial charge in [0.25, 0.3) is 0 Å². The number of rotatable bonds is 4. The van der Waals surface area contributed by atoms with Crippen LogP contribution in [-0.4, -0.2) is 31.9 Å². The van der Waals surface area contributed by atoms with Gasteiger partial charge < -0.3 is 5.73 Å². The van der Waals surface area contributed by atoms with Gasteiger partial charge in [-0.3, -0.25) is 0 Å². The smallest absolute Gasteiger partial charge is 0.243 e. The van der Waals surface area contributed by atoms with E-state index in [2.05, 4.69) is 13.8 Å².